The number of aryl methyl sites for hydroxylation is 1. The molecule has 3 rings (SSSR count). The number of nitrogens with zero attached hydrogens (tertiary/aromatic N) is 5. The van der Waals surface area contributed by atoms with E-state index in [2.05, 4.69) is 25.1 Å². The molecule has 0 aromatic carbocycles. The van der Waals surface area contributed by atoms with Crippen molar-refractivity contribution in [2.24, 2.45) is 5.11 Å². The molecule has 14 heteroatoms. The van der Waals surface area contributed by atoms with Crippen molar-refractivity contribution in [2.45, 2.75) is 31.7 Å². The molecule has 2 aromatic rings. The van der Waals surface area contributed by atoms with Gasteiger partial charge in [-0.15, -0.1) is 0 Å². The number of anilines is 1. The van der Waals surface area contributed by atoms with Gasteiger partial charge in [0.25, 0.3) is 5.56 Å². The predicted octanol–water partition coefficient (Wildman–Crippen LogP) is 1.44. The zero-order valence-electron chi connectivity index (χ0n) is 15.2. The van der Waals surface area contributed by atoms with E-state index in [9.17, 15) is 19.0 Å². The van der Waals surface area contributed by atoms with Gasteiger partial charge in [-0.25, -0.2) is 14.3 Å². The summed E-state index contributed by atoms with van der Waals surface area (Å²) in [5.41, 5.74) is 7.88. The summed E-state index contributed by atoms with van der Waals surface area (Å²) in [6, 6.07) is 4.01. The fraction of sp³-hybridized carbons (Fsp3) is 0.400. The van der Waals surface area contributed by atoms with Crippen molar-refractivity contribution in [1.29, 1.82) is 0 Å². The molecule has 1 saturated heterocycles. The number of pyridine rings is 1. The van der Waals surface area contributed by atoms with Crippen LogP contribution in [-0.2, 0) is 13.8 Å². The van der Waals surface area contributed by atoms with E-state index in [1.165, 1.54) is 30.0 Å². The third-order valence-corrected chi connectivity index (χ3v) is 5.21. The third-order valence-electron chi connectivity index (χ3n) is 4.19. The van der Waals surface area contributed by atoms with E-state index in [1.54, 1.807) is 12.1 Å². The molecule has 2 aromatic heterocycles. The summed E-state index contributed by atoms with van der Waals surface area (Å²) in [4.78, 5) is 42.4. The average molecular weight is 423 g/mol. The van der Waals surface area contributed by atoms with Gasteiger partial charge >= 0.3 is 13.4 Å². The standard InChI is InChI=1S/C15H18N7O6P/c1-9-7-22(15(24)18-14(9)23)13-6-10(19-21-16)11(28-13)8-27-29(25,26)20-12-4-2-3-5-17-12/h2-5,7,10-11,13H,6,8H2,1H3,(H,18,23,24)(H2,17,20,25,26)/t10-,11+,13+/m0/s1. The molecule has 3 N–H and O–H groups in total. The smallest absolute Gasteiger partial charge is 0.352 e. The molecule has 0 amide bonds. The topological polar surface area (TPSA) is 184 Å². The number of hydrogen-bond acceptors (Lipinski definition) is 7. The predicted molar refractivity (Wildman–Crippen MR) is 101 cm³/mol. The Labute approximate surface area is 163 Å². The lowest BCUT2D eigenvalue weighted by Crippen LogP contribution is -2.33. The van der Waals surface area contributed by atoms with Crippen LogP contribution in [-0.4, -0.2) is 38.2 Å². The van der Waals surface area contributed by atoms with E-state index in [4.69, 9.17) is 14.8 Å². The number of H-pyrrole nitrogens is 1. The summed E-state index contributed by atoms with van der Waals surface area (Å²) >= 11 is 0. The monoisotopic (exact) mass is 423 g/mol. The Morgan fingerprint density at radius 3 is 3.03 bits per heavy atom. The van der Waals surface area contributed by atoms with E-state index >= 15 is 0 Å². The third kappa shape index (κ3) is 5.11. The highest BCUT2D eigenvalue weighted by Crippen LogP contribution is 2.42. The average Bonchev–Trinajstić information content (AvgIpc) is 3.06. The number of nitrogens with one attached hydrogen (secondary N) is 2. The summed E-state index contributed by atoms with van der Waals surface area (Å²) in [6.45, 7) is 1.14. The zero-order valence-corrected chi connectivity index (χ0v) is 16.1. The minimum atomic E-state index is -4.27. The van der Waals surface area contributed by atoms with Gasteiger partial charge in [0.2, 0.25) is 0 Å². The summed E-state index contributed by atoms with van der Waals surface area (Å²) < 4.78 is 24.2. The van der Waals surface area contributed by atoms with Crippen LogP contribution in [0.4, 0.5) is 5.82 Å². The minimum absolute atomic E-state index is 0.118. The summed E-state index contributed by atoms with van der Waals surface area (Å²) in [7, 11) is -4.27. The van der Waals surface area contributed by atoms with Crippen molar-refractivity contribution in [3.63, 3.8) is 0 Å². The fourth-order valence-corrected chi connectivity index (χ4v) is 3.64. The van der Waals surface area contributed by atoms with Crippen molar-refractivity contribution in [2.75, 3.05) is 11.7 Å². The van der Waals surface area contributed by atoms with Gasteiger partial charge in [0.05, 0.1) is 18.8 Å². The highest BCUT2D eigenvalue weighted by Gasteiger charge is 2.38. The zero-order chi connectivity index (χ0) is 21.0. The second-order valence-corrected chi connectivity index (χ2v) is 7.78. The molecule has 0 spiro atoms. The van der Waals surface area contributed by atoms with Crippen molar-refractivity contribution in [3.8, 4) is 0 Å². The number of rotatable bonds is 7. The maximum atomic E-state index is 12.2. The number of hydrogen-bond donors (Lipinski definition) is 3. The largest absolute Gasteiger partial charge is 0.431 e. The fourth-order valence-electron chi connectivity index (χ4n) is 2.80. The van der Waals surface area contributed by atoms with E-state index in [0.29, 0.717) is 5.56 Å². The number of aromatic amines is 1. The molecule has 0 radical (unpaired) electrons. The lowest BCUT2D eigenvalue weighted by molar-refractivity contribution is -0.0237. The Balaban J connectivity index is 1.72. The normalized spacial score (nSPS) is 23.2. The van der Waals surface area contributed by atoms with Gasteiger partial charge in [0.15, 0.2) is 0 Å². The number of ether oxygens (including phenoxy) is 1. The molecule has 29 heavy (non-hydrogen) atoms. The number of azide groups is 1. The summed E-state index contributed by atoms with van der Waals surface area (Å²) in [5, 5.41) is 5.90. The minimum Gasteiger partial charge on any atom is -0.352 e. The van der Waals surface area contributed by atoms with Crippen LogP contribution in [0.5, 0.6) is 0 Å². The molecule has 4 atom stereocenters. The molecule has 13 nitrogen and oxygen atoms in total. The van der Waals surface area contributed by atoms with Crippen LogP contribution >= 0.6 is 7.75 Å². The summed E-state index contributed by atoms with van der Waals surface area (Å²) in [6.07, 6.45) is 1.16. The van der Waals surface area contributed by atoms with Crippen LogP contribution in [0.25, 0.3) is 10.4 Å². The molecule has 1 aliphatic heterocycles. The Kier molecular flexibility index (Phi) is 6.16. The SMILES string of the molecule is Cc1cn([C@H]2C[C@H](N=[N+]=[N-])[C@@H](COP(=O)(O)Nc3ccccn3)O2)c(=O)[nH]c1=O. The molecule has 1 fully saturated rings. The lowest BCUT2D eigenvalue weighted by Gasteiger charge is -2.19. The van der Waals surface area contributed by atoms with Gasteiger partial charge in [-0.05, 0) is 24.6 Å². The summed E-state index contributed by atoms with van der Waals surface area (Å²) in [5.74, 6) is 0.144. The van der Waals surface area contributed by atoms with Crippen LogP contribution in [0.3, 0.4) is 0 Å². The Hall–Kier alpha value is -2.95. The maximum Gasteiger partial charge on any atom is 0.431 e. The first kappa shape index (κ1) is 20.8. The van der Waals surface area contributed by atoms with Crippen LogP contribution in [0.1, 0.15) is 18.2 Å². The van der Waals surface area contributed by atoms with E-state index in [0.717, 1.165) is 0 Å². The van der Waals surface area contributed by atoms with Crippen molar-refractivity contribution in [3.05, 3.63) is 67.4 Å². The van der Waals surface area contributed by atoms with Crippen LogP contribution in [0.15, 0.2) is 45.3 Å². The van der Waals surface area contributed by atoms with Gasteiger partial charge in [0.1, 0.15) is 12.0 Å². The Morgan fingerprint density at radius 1 is 1.55 bits per heavy atom. The lowest BCUT2D eigenvalue weighted by atomic mass is 10.1. The molecular weight excluding hydrogens is 405 g/mol. The van der Waals surface area contributed by atoms with Gasteiger partial charge in [-0.1, -0.05) is 11.2 Å². The second kappa shape index (κ2) is 8.60. The molecule has 0 saturated carbocycles. The molecule has 3 heterocycles. The van der Waals surface area contributed by atoms with Crippen LogP contribution in [0.2, 0.25) is 0 Å². The van der Waals surface area contributed by atoms with Crippen LogP contribution in [0, 0.1) is 6.92 Å². The first-order chi connectivity index (χ1) is 13.8. The van der Waals surface area contributed by atoms with Crippen molar-refractivity contribution in [1.82, 2.24) is 14.5 Å². The molecule has 1 aliphatic rings. The van der Waals surface area contributed by atoms with Gasteiger partial charge in [-0.2, -0.15) is 0 Å². The molecule has 1 unspecified atom stereocenters. The van der Waals surface area contributed by atoms with Gasteiger partial charge in [0, 0.05) is 29.3 Å². The first-order valence-corrected chi connectivity index (χ1v) is 10.1. The molecule has 0 aliphatic carbocycles. The molecule has 154 valence electrons. The first-order valence-electron chi connectivity index (χ1n) is 8.47. The van der Waals surface area contributed by atoms with Crippen molar-refractivity contribution >= 4 is 13.6 Å². The van der Waals surface area contributed by atoms with E-state index < -0.39 is 37.4 Å². The van der Waals surface area contributed by atoms with Crippen LogP contribution < -0.4 is 16.3 Å². The quantitative estimate of drug-likeness (QED) is 0.258. The highest BCUT2D eigenvalue weighted by atomic mass is 31.2. The van der Waals surface area contributed by atoms with Crippen molar-refractivity contribution < 1.29 is 18.7 Å². The van der Waals surface area contributed by atoms with Gasteiger partial charge < -0.3 is 9.63 Å². The number of aromatic nitrogens is 3. The molecular formula is C15H18N7O6P. The van der Waals surface area contributed by atoms with E-state index in [-0.39, 0.29) is 18.8 Å². The Morgan fingerprint density at radius 2 is 2.34 bits per heavy atom. The maximum absolute atomic E-state index is 12.2. The van der Waals surface area contributed by atoms with E-state index in [1.807, 2.05) is 0 Å². The second-order valence-electron chi connectivity index (χ2n) is 6.26. The highest BCUT2D eigenvalue weighted by molar-refractivity contribution is 7.54. The van der Waals surface area contributed by atoms with Gasteiger partial charge in [-0.3, -0.25) is 24.0 Å². The molecule has 0 bridgehead atoms. The Bertz CT molecular complexity index is 1080.